The van der Waals surface area contributed by atoms with Gasteiger partial charge in [0.1, 0.15) is 0 Å². The maximum atomic E-state index is 12.5. The maximum Gasteiger partial charge on any atom is 0.326 e. The number of piperidine rings is 1. The Morgan fingerprint density at radius 3 is 2.77 bits per heavy atom. The number of amides is 2. The molecule has 26 heavy (non-hydrogen) atoms. The highest BCUT2D eigenvalue weighted by Crippen LogP contribution is 2.25. The lowest BCUT2D eigenvalue weighted by Crippen LogP contribution is -2.46. The van der Waals surface area contributed by atoms with E-state index in [1.54, 1.807) is 11.3 Å². The molecule has 136 valence electrons. The number of rotatable bonds is 3. The minimum atomic E-state index is -0.0693. The van der Waals surface area contributed by atoms with Crippen LogP contribution in [0.25, 0.3) is 11.0 Å². The molecular weight excluding hydrogens is 348 g/mol. The van der Waals surface area contributed by atoms with E-state index in [2.05, 4.69) is 15.7 Å². The molecule has 4 rings (SSSR count). The third-order valence-electron chi connectivity index (χ3n) is 5.12. The largest absolute Gasteiger partial charge is 0.331 e. The smallest absolute Gasteiger partial charge is 0.326 e. The highest BCUT2D eigenvalue weighted by molar-refractivity contribution is 7.07. The Bertz CT molecular complexity index is 951. The first-order valence-electron chi connectivity index (χ1n) is 8.90. The van der Waals surface area contributed by atoms with Crippen molar-refractivity contribution in [2.24, 2.45) is 0 Å². The van der Waals surface area contributed by atoms with E-state index in [1.807, 2.05) is 52.1 Å². The van der Waals surface area contributed by atoms with Crippen LogP contribution in [0, 0.1) is 0 Å². The van der Waals surface area contributed by atoms with Gasteiger partial charge in [-0.2, -0.15) is 11.3 Å². The molecular formula is C19H22N4O2S. The number of aromatic nitrogens is 2. The molecule has 0 saturated carbocycles. The highest BCUT2D eigenvalue weighted by atomic mass is 32.1. The number of hydrogen-bond acceptors (Lipinski definition) is 3. The summed E-state index contributed by atoms with van der Waals surface area (Å²) in [4.78, 5) is 29.6. The summed E-state index contributed by atoms with van der Waals surface area (Å²) in [6, 6.07) is 9.88. The third-order valence-corrected chi connectivity index (χ3v) is 5.83. The van der Waals surface area contributed by atoms with Crippen LogP contribution in [0.2, 0.25) is 0 Å². The lowest BCUT2D eigenvalue weighted by atomic mass is 10.0. The van der Waals surface area contributed by atoms with Crippen molar-refractivity contribution < 1.29 is 4.79 Å². The molecule has 1 atom stereocenters. The van der Waals surface area contributed by atoms with Crippen molar-refractivity contribution in [1.29, 1.82) is 0 Å². The van der Waals surface area contributed by atoms with Gasteiger partial charge in [0.05, 0.1) is 17.1 Å². The molecule has 3 heterocycles. The van der Waals surface area contributed by atoms with Gasteiger partial charge < -0.3 is 15.2 Å². The zero-order valence-electron chi connectivity index (χ0n) is 14.6. The Morgan fingerprint density at radius 2 is 2.04 bits per heavy atom. The third kappa shape index (κ3) is 3.14. The Morgan fingerprint density at radius 1 is 1.27 bits per heavy atom. The normalized spacial score (nSPS) is 16.7. The average Bonchev–Trinajstić information content (AvgIpc) is 3.29. The van der Waals surface area contributed by atoms with Gasteiger partial charge >= 0.3 is 11.7 Å². The van der Waals surface area contributed by atoms with Gasteiger partial charge in [-0.1, -0.05) is 12.1 Å². The monoisotopic (exact) mass is 370 g/mol. The fourth-order valence-corrected chi connectivity index (χ4v) is 4.40. The van der Waals surface area contributed by atoms with E-state index in [9.17, 15) is 9.59 Å². The minimum absolute atomic E-state index is 0.00251. The molecule has 3 aromatic rings. The molecule has 0 radical (unpaired) electrons. The molecule has 2 aromatic heterocycles. The summed E-state index contributed by atoms with van der Waals surface area (Å²) >= 11 is 1.63. The van der Waals surface area contributed by atoms with E-state index < -0.39 is 0 Å². The van der Waals surface area contributed by atoms with Crippen LogP contribution in [0.3, 0.4) is 0 Å². The van der Waals surface area contributed by atoms with Crippen molar-refractivity contribution >= 4 is 28.4 Å². The Balaban J connectivity index is 1.41. The van der Waals surface area contributed by atoms with Crippen molar-refractivity contribution in [3.63, 3.8) is 0 Å². The minimum Gasteiger partial charge on any atom is -0.331 e. The average molecular weight is 370 g/mol. The van der Waals surface area contributed by atoms with Gasteiger partial charge in [0.25, 0.3) is 0 Å². The van der Waals surface area contributed by atoms with E-state index in [0.29, 0.717) is 13.1 Å². The summed E-state index contributed by atoms with van der Waals surface area (Å²) in [5, 5.41) is 7.13. The lowest BCUT2D eigenvalue weighted by Gasteiger charge is -2.33. The van der Waals surface area contributed by atoms with Crippen molar-refractivity contribution in [2.45, 2.75) is 31.8 Å². The first kappa shape index (κ1) is 16.9. The summed E-state index contributed by atoms with van der Waals surface area (Å²) < 4.78 is 1.85. The van der Waals surface area contributed by atoms with Gasteiger partial charge in [-0.3, -0.25) is 4.57 Å². The molecule has 1 unspecified atom stereocenters. The summed E-state index contributed by atoms with van der Waals surface area (Å²) in [6.45, 7) is 3.30. The quantitative estimate of drug-likeness (QED) is 0.741. The first-order chi connectivity index (χ1) is 12.6. The molecule has 1 aliphatic rings. The summed E-state index contributed by atoms with van der Waals surface area (Å²) in [5.74, 6) is 0. The van der Waals surface area contributed by atoms with Crippen LogP contribution in [-0.4, -0.2) is 33.6 Å². The van der Waals surface area contributed by atoms with Crippen molar-refractivity contribution in [1.82, 2.24) is 19.8 Å². The van der Waals surface area contributed by atoms with Gasteiger partial charge in [0.2, 0.25) is 0 Å². The standard InChI is InChI=1S/C19H22N4O2S/c1-13(14-8-11-26-12-14)20-18(24)22-9-6-15(7-10-22)23-17-5-3-2-4-16(17)21-19(23)25/h2-5,8,11-13,15H,6-7,9-10H2,1H3,(H,20,24)(H,21,25). The number of nitrogens with zero attached hydrogens (tertiary/aromatic N) is 2. The number of carbonyl (C=O) groups is 1. The van der Waals surface area contributed by atoms with Gasteiger partial charge in [0.15, 0.2) is 0 Å². The number of para-hydroxylation sites is 2. The molecule has 2 amide bonds. The van der Waals surface area contributed by atoms with E-state index >= 15 is 0 Å². The summed E-state index contributed by atoms with van der Waals surface area (Å²) in [5.41, 5.74) is 2.86. The van der Waals surface area contributed by atoms with Crippen LogP contribution in [0.5, 0.6) is 0 Å². The molecule has 0 aliphatic carbocycles. The number of hydrogen-bond donors (Lipinski definition) is 2. The predicted octanol–water partition coefficient (Wildman–Crippen LogP) is 3.50. The molecule has 1 aliphatic heterocycles. The number of carbonyl (C=O) groups excluding carboxylic acids is 1. The molecule has 1 saturated heterocycles. The van der Waals surface area contributed by atoms with E-state index in [0.717, 1.165) is 29.4 Å². The number of nitrogens with one attached hydrogen (secondary N) is 2. The molecule has 1 fully saturated rings. The Hall–Kier alpha value is -2.54. The highest BCUT2D eigenvalue weighted by Gasteiger charge is 2.26. The second kappa shape index (κ2) is 6.99. The molecule has 7 heteroatoms. The fourth-order valence-electron chi connectivity index (χ4n) is 3.65. The Kier molecular flexibility index (Phi) is 4.55. The SMILES string of the molecule is CC(NC(=O)N1CCC(n2c(=O)[nH]c3ccccc32)CC1)c1ccsc1. The summed E-state index contributed by atoms with van der Waals surface area (Å²) in [7, 11) is 0. The number of H-pyrrole nitrogens is 1. The molecule has 2 N–H and O–H groups in total. The van der Waals surface area contributed by atoms with Gasteiger partial charge in [0, 0.05) is 19.1 Å². The number of fused-ring (bicyclic) bond motifs is 1. The number of thiophene rings is 1. The number of benzene rings is 1. The lowest BCUT2D eigenvalue weighted by molar-refractivity contribution is 0.169. The zero-order chi connectivity index (χ0) is 18.1. The predicted molar refractivity (Wildman–Crippen MR) is 104 cm³/mol. The van der Waals surface area contributed by atoms with Crippen LogP contribution < -0.4 is 11.0 Å². The van der Waals surface area contributed by atoms with Crippen LogP contribution >= 0.6 is 11.3 Å². The molecule has 0 spiro atoms. The van der Waals surface area contributed by atoms with E-state index in [4.69, 9.17) is 0 Å². The van der Waals surface area contributed by atoms with Gasteiger partial charge in [-0.15, -0.1) is 0 Å². The van der Waals surface area contributed by atoms with Crippen LogP contribution in [0.1, 0.15) is 37.4 Å². The van der Waals surface area contributed by atoms with Crippen LogP contribution in [0.15, 0.2) is 45.9 Å². The van der Waals surface area contributed by atoms with Gasteiger partial charge in [-0.25, -0.2) is 9.59 Å². The van der Waals surface area contributed by atoms with E-state index in [-0.39, 0.29) is 23.8 Å². The van der Waals surface area contributed by atoms with Crippen LogP contribution in [0.4, 0.5) is 4.79 Å². The second-order valence-corrected chi connectivity index (χ2v) is 7.54. The van der Waals surface area contributed by atoms with Crippen molar-refractivity contribution in [3.05, 3.63) is 57.1 Å². The molecule has 1 aromatic carbocycles. The maximum absolute atomic E-state index is 12.5. The number of urea groups is 1. The van der Waals surface area contributed by atoms with Crippen molar-refractivity contribution in [3.8, 4) is 0 Å². The molecule has 0 bridgehead atoms. The topological polar surface area (TPSA) is 70.1 Å². The van der Waals surface area contributed by atoms with Crippen molar-refractivity contribution in [2.75, 3.05) is 13.1 Å². The molecule has 6 nitrogen and oxygen atoms in total. The van der Waals surface area contributed by atoms with Crippen LogP contribution in [-0.2, 0) is 0 Å². The number of likely N-dealkylation sites (tertiary alicyclic amines) is 1. The van der Waals surface area contributed by atoms with E-state index in [1.165, 1.54) is 0 Å². The number of aromatic amines is 1. The first-order valence-corrected chi connectivity index (χ1v) is 9.84. The fraction of sp³-hybridized carbons (Fsp3) is 0.368. The zero-order valence-corrected chi connectivity index (χ0v) is 15.5. The second-order valence-electron chi connectivity index (χ2n) is 6.76. The Labute approximate surface area is 155 Å². The number of imidazole rings is 1. The summed E-state index contributed by atoms with van der Waals surface area (Å²) in [6.07, 6.45) is 1.56. The van der Waals surface area contributed by atoms with Gasteiger partial charge in [-0.05, 0) is 54.3 Å².